The summed E-state index contributed by atoms with van der Waals surface area (Å²) in [5, 5.41) is 0. The van der Waals surface area contributed by atoms with E-state index in [0.29, 0.717) is 0 Å². The first-order valence-electron chi connectivity index (χ1n) is 6.09. The van der Waals surface area contributed by atoms with E-state index in [9.17, 15) is 4.79 Å². The molecule has 3 nitrogen and oxygen atoms in total. The van der Waals surface area contributed by atoms with Crippen LogP contribution in [0, 0.1) is 5.92 Å². The van der Waals surface area contributed by atoms with Crippen LogP contribution >= 0.6 is 0 Å². The van der Waals surface area contributed by atoms with E-state index in [4.69, 9.17) is 10.5 Å². The Morgan fingerprint density at radius 2 is 2.00 bits per heavy atom. The van der Waals surface area contributed by atoms with Crippen LogP contribution in [-0.4, -0.2) is 18.1 Å². The third-order valence-corrected chi connectivity index (χ3v) is 3.15. The number of esters is 1. The highest BCUT2D eigenvalue weighted by Crippen LogP contribution is 2.25. The molecule has 0 aliphatic heterocycles. The molecule has 3 heteroatoms. The van der Waals surface area contributed by atoms with Crippen molar-refractivity contribution in [1.82, 2.24) is 0 Å². The van der Waals surface area contributed by atoms with Gasteiger partial charge >= 0.3 is 5.97 Å². The fourth-order valence-corrected chi connectivity index (χ4v) is 2.03. The summed E-state index contributed by atoms with van der Waals surface area (Å²) in [7, 11) is 0. The lowest BCUT2D eigenvalue weighted by atomic mass is 9.89. The summed E-state index contributed by atoms with van der Waals surface area (Å²) in [5.41, 5.74) is 5.70. The van der Waals surface area contributed by atoms with Gasteiger partial charge in [0.1, 0.15) is 12.1 Å². The van der Waals surface area contributed by atoms with Gasteiger partial charge in [-0.2, -0.15) is 0 Å². The zero-order valence-electron chi connectivity index (χ0n) is 9.87. The molecule has 1 saturated carbocycles. The Balaban J connectivity index is 2.25. The van der Waals surface area contributed by atoms with Crippen molar-refractivity contribution in [2.45, 2.75) is 64.5 Å². The van der Waals surface area contributed by atoms with Crippen molar-refractivity contribution in [3.63, 3.8) is 0 Å². The Bertz CT molecular complexity index is 198. The maximum Gasteiger partial charge on any atom is 0.323 e. The Labute approximate surface area is 92.4 Å². The van der Waals surface area contributed by atoms with Gasteiger partial charge in [0, 0.05) is 0 Å². The van der Waals surface area contributed by atoms with E-state index in [0.717, 1.165) is 31.6 Å². The molecule has 15 heavy (non-hydrogen) atoms. The van der Waals surface area contributed by atoms with Crippen LogP contribution in [0.3, 0.4) is 0 Å². The van der Waals surface area contributed by atoms with Gasteiger partial charge in [-0.3, -0.25) is 4.79 Å². The van der Waals surface area contributed by atoms with Crippen LogP contribution in [0.1, 0.15) is 52.4 Å². The van der Waals surface area contributed by atoms with E-state index >= 15 is 0 Å². The highest BCUT2D eigenvalue weighted by atomic mass is 16.5. The van der Waals surface area contributed by atoms with Crippen molar-refractivity contribution in [2.24, 2.45) is 11.7 Å². The van der Waals surface area contributed by atoms with Crippen molar-refractivity contribution in [1.29, 1.82) is 0 Å². The van der Waals surface area contributed by atoms with Crippen molar-refractivity contribution in [3.8, 4) is 0 Å². The van der Waals surface area contributed by atoms with Crippen LogP contribution in [0.4, 0.5) is 0 Å². The highest BCUT2D eigenvalue weighted by molar-refractivity contribution is 5.75. The second-order valence-electron chi connectivity index (χ2n) is 4.71. The van der Waals surface area contributed by atoms with Crippen LogP contribution < -0.4 is 5.73 Å². The molecule has 0 aromatic heterocycles. The number of hydrogen-bond acceptors (Lipinski definition) is 3. The van der Waals surface area contributed by atoms with Crippen molar-refractivity contribution in [2.75, 3.05) is 0 Å². The fourth-order valence-electron chi connectivity index (χ4n) is 2.03. The topological polar surface area (TPSA) is 52.3 Å². The first-order chi connectivity index (χ1) is 7.13. The zero-order valence-corrected chi connectivity index (χ0v) is 9.87. The Morgan fingerprint density at radius 3 is 2.53 bits per heavy atom. The molecule has 0 heterocycles. The fraction of sp³-hybridized carbons (Fsp3) is 0.917. The maximum absolute atomic E-state index is 11.5. The van der Waals surface area contributed by atoms with Gasteiger partial charge in [-0.25, -0.2) is 0 Å². The van der Waals surface area contributed by atoms with Gasteiger partial charge in [0.15, 0.2) is 0 Å². The van der Waals surface area contributed by atoms with Crippen LogP contribution in [0.2, 0.25) is 0 Å². The normalized spacial score (nSPS) is 28.5. The number of carbonyl (C=O) groups excluding carboxylic acids is 1. The van der Waals surface area contributed by atoms with Crippen LogP contribution in [0.25, 0.3) is 0 Å². The van der Waals surface area contributed by atoms with Gasteiger partial charge in [-0.05, 0) is 38.0 Å². The Hall–Kier alpha value is -0.570. The van der Waals surface area contributed by atoms with E-state index in [-0.39, 0.29) is 12.1 Å². The highest BCUT2D eigenvalue weighted by Gasteiger charge is 2.23. The minimum absolute atomic E-state index is 0.122. The minimum Gasteiger partial charge on any atom is -0.461 e. The molecule has 0 saturated heterocycles. The van der Waals surface area contributed by atoms with Gasteiger partial charge in [-0.15, -0.1) is 0 Å². The predicted octanol–water partition coefficient (Wildman–Crippen LogP) is 2.24. The molecule has 0 bridgehead atoms. The summed E-state index contributed by atoms with van der Waals surface area (Å²) < 4.78 is 5.39. The second-order valence-corrected chi connectivity index (χ2v) is 4.71. The van der Waals surface area contributed by atoms with E-state index in [1.54, 1.807) is 0 Å². The summed E-state index contributed by atoms with van der Waals surface area (Å²) in [6.07, 6.45) is 6.12. The number of ether oxygens (including phenoxy) is 1. The van der Waals surface area contributed by atoms with E-state index in [1.165, 1.54) is 12.8 Å². The quantitative estimate of drug-likeness (QED) is 0.729. The molecule has 1 fully saturated rings. The smallest absolute Gasteiger partial charge is 0.323 e. The standard InChI is InChI=1S/C12H23NO2/c1-3-4-11(13)12(14)15-10-7-5-9(2)6-8-10/h9-11H,3-8,13H2,1-2H3/t9?,10?,11-/m0/s1. The lowest BCUT2D eigenvalue weighted by Gasteiger charge is -2.26. The van der Waals surface area contributed by atoms with Gasteiger partial charge in [0.2, 0.25) is 0 Å². The Morgan fingerprint density at radius 1 is 1.40 bits per heavy atom. The van der Waals surface area contributed by atoms with E-state index in [1.807, 2.05) is 6.92 Å². The van der Waals surface area contributed by atoms with Crippen LogP contribution in [0.15, 0.2) is 0 Å². The zero-order chi connectivity index (χ0) is 11.3. The lowest BCUT2D eigenvalue weighted by Crippen LogP contribution is -2.35. The predicted molar refractivity (Wildman–Crippen MR) is 60.4 cm³/mol. The molecule has 0 unspecified atom stereocenters. The molecule has 1 atom stereocenters. The monoisotopic (exact) mass is 213 g/mol. The first-order valence-corrected chi connectivity index (χ1v) is 6.09. The molecule has 0 radical (unpaired) electrons. The number of nitrogens with two attached hydrogens (primary N) is 1. The maximum atomic E-state index is 11.5. The van der Waals surface area contributed by atoms with Gasteiger partial charge in [0.05, 0.1) is 0 Å². The minimum atomic E-state index is -0.422. The van der Waals surface area contributed by atoms with E-state index in [2.05, 4.69) is 6.92 Å². The van der Waals surface area contributed by atoms with Crippen molar-refractivity contribution >= 4 is 5.97 Å². The Kier molecular flexibility index (Phi) is 5.09. The van der Waals surface area contributed by atoms with E-state index < -0.39 is 6.04 Å². The molecule has 0 aromatic carbocycles. The molecule has 0 aromatic rings. The molecule has 1 aliphatic rings. The average molecular weight is 213 g/mol. The molecule has 0 spiro atoms. The van der Waals surface area contributed by atoms with Crippen molar-refractivity contribution < 1.29 is 9.53 Å². The number of hydrogen-bond donors (Lipinski definition) is 1. The summed E-state index contributed by atoms with van der Waals surface area (Å²) in [6, 6.07) is -0.422. The lowest BCUT2D eigenvalue weighted by molar-refractivity contribution is -0.152. The number of carbonyl (C=O) groups is 1. The number of rotatable bonds is 4. The molecule has 2 N–H and O–H groups in total. The molecular formula is C12H23NO2. The van der Waals surface area contributed by atoms with Crippen LogP contribution in [0.5, 0.6) is 0 Å². The molecule has 1 aliphatic carbocycles. The molecular weight excluding hydrogens is 190 g/mol. The third-order valence-electron chi connectivity index (χ3n) is 3.15. The molecule has 0 amide bonds. The second kappa shape index (κ2) is 6.11. The summed E-state index contributed by atoms with van der Waals surface area (Å²) in [4.78, 5) is 11.5. The first kappa shape index (κ1) is 12.5. The average Bonchev–Trinajstić information content (AvgIpc) is 2.22. The summed E-state index contributed by atoms with van der Waals surface area (Å²) >= 11 is 0. The van der Waals surface area contributed by atoms with Gasteiger partial charge < -0.3 is 10.5 Å². The SMILES string of the molecule is CCC[C@H](N)C(=O)OC1CCC(C)CC1. The third kappa shape index (κ3) is 4.20. The summed E-state index contributed by atoms with van der Waals surface area (Å²) in [5.74, 6) is 0.570. The van der Waals surface area contributed by atoms with Gasteiger partial charge in [-0.1, -0.05) is 20.3 Å². The summed E-state index contributed by atoms with van der Waals surface area (Å²) in [6.45, 7) is 4.27. The van der Waals surface area contributed by atoms with Gasteiger partial charge in [0.25, 0.3) is 0 Å². The largest absolute Gasteiger partial charge is 0.461 e. The molecule has 1 rings (SSSR count). The van der Waals surface area contributed by atoms with Crippen molar-refractivity contribution in [3.05, 3.63) is 0 Å². The van der Waals surface area contributed by atoms with Crippen LogP contribution in [-0.2, 0) is 9.53 Å². The molecule has 88 valence electrons.